The fourth-order valence-electron chi connectivity index (χ4n) is 4.62. The Morgan fingerprint density at radius 1 is 0.846 bits per heavy atom. The van der Waals surface area contributed by atoms with Crippen molar-refractivity contribution in [2.24, 2.45) is 5.73 Å². The lowest BCUT2D eigenvalue weighted by molar-refractivity contribution is 0.0568. The van der Waals surface area contributed by atoms with Gasteiger partial charge in [0.1, 0.15) is 11.6 Å². The number of aliphatic hydroxyl groups is 2. The van der Waals surface area contributed by atoms with Crippen LogP contribution >= 0.6 is 0 Å². The third-order valence-electron chi connectivity index (χ3n) is 6.51. The van der Waals surface area contributed by atoms with Crippen LogP contribution in [-0.4, -0.2) is 76.8 Å². The van der Waals surface area contributed by atoms with E-state index in [1.54, 1.807) is 23.1 Å². The van der Waals surface area contributed by atoms with Gasteiger partial charge in [0.05, 0.1) is 6.10 Å². The number of carbonyl (C=O) groups is 2. The van der Waals surface area contributed by atoms with E-state index >= 15 is 0 Å². The minimum Gasteiger partial charge on any atom is -0.396 e. The molecule has 2 atom stereocenters. The second-order valence-electron chi connectivity index (χ2n) is 10.1. The number of halogens is 2. The van der Waals surface area contributed by atoms with Crippen molar-refractivity contribution in [1.29, 1.82) is 0 Å². The average Bonchev–Trinajstić information content (AvgIpc) is 2.88. The smallest absolute Gasteiger partial charge is 0.253 e. The van der Waals surface area contributed by atoms with Gasteiger partial charge in [0.25, 0.3) is 11.8 Å². The van der Waals surface area contributed by atoms with E-state index in [1.807, 2.05) is 20.8 Å². The molecule has 0 aliphatic rings. The molecule has 7 nitrogen and oxygen atoms in total. The molecule has 4 N–H and O–H groups in total. The third-order valence-corrected chi connectivity index (χ3v) is 6.51. The largest absolute Gasteiger partial charge is 0.396 e. The maximum absolute atomic E-state index is 13.7. The molecule has 0 aliphatic carbocycles. The fourth-order valence-corrected chi connectivity index (χ4v) is 4.62. The maximum atomic E-state index is 13.7. The van der Waals surface area contributed by atoms with Crippen molar-refractivity contribution in [1.82, 2.24) is 9.80 Å². The predicted octanol–water partition coefficient (Wildman–Crippen LogP) is 4.07. The van der Waals surface area contributed by atoms with Gasteiger partial charge in [0.2, 0.25) is 0 Å². The molecule has 0 fully saturated rings. The van der Waals surface area contributed by atoms with Crippen LogP contribution in [0.2, 0.25) is 0 Å². The second-order valence-corrected chi connectivity index (χ2v) is 10.1. The normalized spacial score (nSPS) is 12.7. The first-order valence-electron chi connectivity index (χ1n) is 13.8. The number of nitrogens with two attached hydrogens (primary N) is 1. The molecule has 0 spiro atoms. The first-order chi connectivity index (χ1) is 18.6. The number of aliphatic hydroxyl groups excluding tert-OH is 2. The number of rotatable bonds is 16. The van der Waals surface area contributed by atoms with Gasteiger partial charge in [-0.1, -0.05) is 13.8 Å². The summed E-state index contributed by atoms with van der Waals surface area (Å²) in [6.45, 7) is 7.36. The van der Waals surface area contributed by atoms with Crippen LogP contribution in [0.3, 0.4) is 0 Å². The molecular formula is C30H43F2N3O4. The Labute approximate surface area is 230 Å². The van der Waals surface area contributed by atoms with Crippen LogP contribution < -0.4 is 5.73 Å². The molecule has 0 radical (unpaired) electrons. The van der Waals surface area contributed by atoms with Crippen LogP contribution in [0, 0.1) is 18.6 Å². The number of carbonyl (C=O) groups excluding carboxylic acids is 2. The molecular weight excluding hydrogens is 504 g/mol. The molecule has 39 heavy (non-hydrogen) atoms. The SMILES string of the molecule is CCCN(CCC)C(=O)c1cc(C)cc(C(=O)N(CCCCCO)C[C@@H](O)[C@@H](N)Cc2cc(F)cc(F)c2)c1. The van der Waals surface area contributed by atoms with E-state index in [-0.39, 0.29) is 31.4 Å². The van der Waals surface area contributed by atoms with Crippen molar-refractivity contribution in [3.05, 3.63) is 70.3 Å². The lowest BCUT2D eigenvalue weighted by atomic mass is 10.0. The second kappa shape index (κ2) is 16.3. The number of hydrogen-bond donors (Lipinski definition) is 3. The molecule has 9 heteroatoms. The topological polar surface area (TPSA) is 107 Å². The van der Waals surface area contributed by atoms with E-state index in [2.05, 4.69) is 0 Å². The Morgan fingerprint density at radius 2 is 1.41 bits per heavy atom. The minimum atomic E-state index is -1.16. The summed E-state index contributed by atoms with van der Waals surface area (Å²) in [6, 6.07) is 7.31. The molecule has 216 valence electrons. The summed E-state index contributed by atoms with van der Waals surface area (Å²) >= 11 is 0. The average molecular weight is 548 g/mol. The third kappa shape index (κ3) is 10.3. The zero-order valence-corrected chi connectivity index (χ0v) is 23.3. The molecule has 0 aromatic heterocycles. The number of hydrogen-bond acceptors (Lipinski definition) is 5. The molecule has 0 unspecified atom stereocenters. The van der Waals surface area contributed by atoms with Gasteiger partial charge in [-0.3, -0.25) is 9.59 Å². The number of amides is 2. The number of aryl methyl sites for hydroxylation is 1. The van der Waals surface area contributed by atoms with Gasteiger partial charge in [-0.15, -0.1) is 0 Å². The number of nitrogens with zero attached hydrogens (tertiary/aromatic N) is 2. The summed E-state index contributed by atoms with van der Waals surface area (Å²) in [4.78, 5) is 30.2. The summed E-state index contributed by atoms with van der Waals surface area (Å²) in [5, 5.41) is 20.0. The van der Waals surface area contributed by atoms with Gasteiger partial charge in [0.15, 0.2) is 0 Å². The van der Waals surface area contributed by atoms with Crippen LogP contribution in [-0.2, 0) is 6.42 Å². The molecule has 0 bridgehead atoms. The van der Waals surface area contributed by atoms with Crippen molar-refractivity contribution < 1.29 is 28.6 Å². The summed E-state index contributed by atoms with van der Waals surface area (Å²) in [5.74, 6) is -1.94. The summed E-state index contributed by atoms with van der Waals surface area (Å²) in [6.07, 6.45) is 2.39. The molecule has 2 aromatic rings. The van der Waals surface area contributed by atoms with Gasteiger partial charge in [-0.25, -0.2) is 8.78 Å². The maximum Gasteiger partial charge on any atom is 0.253 e. The molecule has 0 saturated heterocycles. The Bertz CT molecular complexity index is 1060. The van der Waals surface area contributed by atoms with Crippen molar-refractivity contribution in [3.63, 3.8) is 0 Å². The zero-order chi connectivity index (χ0) is 28.9. The van der Waals surface area contributed by atoms with Crippen LogP contribution in [0.4, 0.5) is 8.78 Å². The standard InChI is InChI=1S/C30H43F2N3O4/c1-4-9-34(10-5-2)29(38)23-13-21(3)14-24(18-23)30(39)35(11-7-6-8-12-36)20-28(37)27(33)17-22-15-25(31)19-26(32)16-22/h13-16,18-19,27-28,36-37H,4-12,17,20,33H2,1-3H3/t27-,28+/m0/s1. The van der Waals surface area contributed by atoms with Gasteiger partial charge in [-0.05, 0) is 86.9 Å². The number of unbranched alkanes of at least 4 members (excludes halogenated alkanes) is 2. The lowest BCUT2D eigenvalue weighted by Gasteiger charge is -2.29. The monoisotopic (exact) mass is 547 g/mol. The summed E-state index contributed by atoms with van der Waals surface area (Å²) in [5.41, 5.74) is 8.02. The summed E-state index contributed by atoms with van der Waals surface area (Å²) < 4.78 is 27.2. The highest BCUT2D eigenvalue weighted by molar-refractivity contribution is 6.00. The Kier molecular flexibility index (Phi) is 13.5. The number of benzene rings is 2. The van der Waals surface area contributed by atoms with Crippen molar-refractivity contribution >= 4 is 11.8 Å². The van der Waals surface area contributed by atoms with Crippen LogP contribution in [0.5, 0.6) is 0 Å². The first kappa shape index (κ1) is 32.3. The first-order valence-corrected chi connectivity index (χ1v) is 13.8. The fraction of sp³-hybridized carbons (Fsp3) is 0.533. The highest BCUT2D eigenvalue weighted by Crippen LogP contribution is 2.17. The van der Waals surface area contributed by atoms with E-state index in [4.69, 9.17) is 10.8 Å². The van der Waals surface area contributed by atoms with Crippen LogP contribution in [0.25, 0.3) is 0 Å². The van der Waals surface area contributed by atoms with Gasteiger partial charge in [0, 0.05) is 56.0 Å². The Morgan fingerprint density at radius 3 is 1.95 bits per heavy atom. The molecule has 0 heterocycles. The molecule has 0 aliphatic heterocycles. The molecule has 0 saturated carbocycles. The van der Waals surface area contributed by atoms with Crippen LogP contribution in [0.15, 0.2) is 36.4 Å². The Balaban J connectivity index is 2.26. The van der Waals surface area contributed by atoms with Crippen molar-refractivity contribution in [3.8, 4) is 0 Å². The minimum absolute atomic E-state index is 0.0240. The molecule has 2 aromatic carbocycles. The predicted molar refractivity (Wildman–Crippen MR) is 149 cm³/mol. The van der Waals surface area contributed by atoms with Gasteiger partial charge >= 0.3 is 0 Å². The molecule has 2 amide bonds. The van der Waals surface area contributed by atoms with Gasteiger partial charge < -0.3 is 25.7 Å². The Hall–Kier alpha value is -2.88. The quantitative estimate of drug-likeness (QED) is 0.275. The van der Waals surface area contributed by atoms with E-state index in [9.17, 15) is 23.5 Å². The highest BCUT2D eigenvalue weighted by Gasteiger charge is 2.25. The van der Waals surface area contributed by atoms with E-state index in [0.717, 1.165) is 24.5 Å². The summed E-state index contributed by atoms with van der Waals surface area (Å²) in [7, 11) is 0. The van der Waals surface area contributed by atoms with E-state index in [1.165, 1.54) is 17.0 Å². The van der Waals surface area contributed by atoms with Crippen LogP contribution in [0.1, 0.15) is 77.8 Å². The van der Waals surface area contributed by atoms with Gasteiger partial charge in [-0.2, -0.15) is 0 Å². The highest BCUT2D eigenvalue weighted by atomic mass is 19.1. The van der Waals surface area contributed by atoms with Crippen molar-refractivity contribution in [2.75, 3.05) is 32.8 Å². The van der Waals surface area contributed by atoms with Crippen molar-refractivity contribution in [2.45, 2.75) is 71.4 Å². The van der Waals surface area contributed by atoms with E-state index < -0.39 is 23.8 Å². The van der Waals surface area contributed by atoms with E-state index in [0.29, 0.717) is 55.6 Å². The lowest BCUT2D eigenvalue weighted by Crippen LogP contribution is -2.47. The molecule has 2 rings (SSSR count). The zero-order valence-electron chi connectivity index (χ0n) is 23.3.